The maximum atomic E-state index is 14.4. The number of aliphatic hydroxyl groups excluding tert-OH is 2. The number of guanidine groups is 1. The van der Waals surface area contributed by atoms with Crippen LogP contribution in [0.1, 0.15) is 133 Å². The number of cyclic esters (lactones) is 1. The number of nitrogens with one attached hydrogen (secondary N) is 11. The van der Waals surface area contributed by atoms with Crippen molar-refractivity contribution >= 4 is 82.8 Å². The Kier molecular flexibility index (Phi) is 33.5. The average Bonchev–Trinajstić information content (AvgIpc) is 1.55. The standard InChI is InChI=1S/C59H97N15O16/c1-12-29(5)43(71-51(82)39(65-35(11)77)26-36-20-17-16-18-21-36)54(85)68-40(27-75)52(83)67-38(23-24-42(60)78)50(81)70-45(31(7)14-3)56(87)72-44(30(6)13-2)55(86)69-41(28-76)53(84)74-47-34(10)90-58(89)46(32(8)15-4)73-49(80)37(22-19-25-63-59(61)62)66-48(79)33(9)64-57(47)88/h16-18,20-21,29-34,37-41,43-47,75-76H,12-15,19,22-28H2,1-11H3,(H2,60,78)(H,64,88)(H,65,77)(H,66,79)(H,67,83)(H,68,85)(H,69,86)(H,70,81)(H,71,82)(H,72,87)(H,73,80)(H,74,84)(H4,61,62,63)/t29-,30-,31-,32-,33-,34?,37-,38-,39-,40-,41-,43-,44-,45-,46-,47?/m0/s1. The molecule has 2 rings (SSSR count). The largest absolute Gasteiger partial charge is 0.458 e. The second kappa shape index (κ2) is 38.8. The van der Waals surface area contributed by atoms with Crippen molar-refractivity contribution in [2.45, 2.75) is 207 Å². The minimum Gasteiger partial charge on any atom is -0.458 e. The molecule has 0 aliphatic carbocycles. The Morgan fingerprint density at radius 3 is 1.54 bits per heavy atom. The van der Waals surface area contributed by atoms with Crippen LogP contribution in [0.3, 0.4) is 0 Å². The second-order valence-electron chi connectivity index (χ2n) is 22.9. The Morgan fingerprint density at radius 1 is 0.589 bits per heavy atom. The molecule has 504 valence electrons. The van der Waals surface area contributed by atoms with Crippen LogP contribution in [-0.4, -0.2) is 185 Å². The molecule has 16 atom stereocenters. The maximum absolute atomic E-state index is 14.4. The molecule has 0 spiro atoms. The minimum absolute atomic E-state index is 0.0184. The molecule has 1 aliphatic rings. The number of hydrogen-bond donors (Lipinski definition) is 16. The highest BCUT2D eigenvalue weighted by atomic mass is 16.5. The topological polar surface area (TPSA) is 494 Å². The summed E-state index contributed by atoms with van der Waals surface area (Å²) in [6, 6.07) is -7.43. The molecule has 31 nitrogen and oxygen atoms in total. The first-order valence-corrected chi connectivity index (χ1v) is 30.5. The van der Waals surface area contributed by atoms with E-state index in [1.54, 1.807) is 85.7 Å². The van der Waals surface area contributed by atoms with Crippen LogP contribution in [0.15, 0.2) is 35.3 Å². The summed E-state index contributed by atoms with van der Waals surface area (Å²) in [5.74, 6) is -14.5. The molecule has 31 heteroatoms. The number of benzene rings is 1. The molecule has 19 N–H and O–H groups in total. The van der Waals surface area contributed by atoms with Crippen molar-refractivity contribution in [3.05, 3.63) is 35.9 Å². The van der Waals surface area contributed by atoms with Gasteiger partial charge in [-0.2, -0.15) is 0 Å². The summed E-state index contributed by atoms with van der Waals surface area (Å²) in [6.07, 6.45) is -0.906. The number of aliphatic hydroxyl groups is 2. The van der Waals surface area contributed by atoms with Gasteiger partial charge in [-0.15, -0.1) is 0 Å². The molecule has 1 saturated heterocycles. The molecule has 1 aromatic rings. The third kappa shape index (κ3) is 25.2. The Bertz CT molecular complexity index is 2660. The molecule has 90 heavy (non-hydrogen) atoms. The van der Waals surface area contributed by atoms with Crippen LogP contribution in [0.25, 0.3) is 0 Å². The summed E-state index contributed by atoms with van der Waals surface area (Å²) in [6.45, 7) is 15.2. The number of nitrogens with two attached hydrogens (primary N) is 3. The van der Waals surface area contributed by atoms with Gasteiger partial charge in [0.25, 0.3) is 0 Å². The number of nitrogens with zero attached hydrogens (tertiary/aromatic N) is 1. The zero-order valence-electron chi connectivity index (χ0n) is 53.4. The summed E-state index contributed by atoms with van der Waals surface area (Å²) in [5, 5.41) is 48.7. The first-order chi connectivity index (χ1) is 42.4. The summed E-state index contributed by atoms with van der Waals surface area (Å²) in [4.78, 5) is 182. The van der Waals surface area contributed by atoms with E-state index in [1.165, 1.54) is 20.8 Å². The van der Waals surface area contributed by atoms with Gasteiger partial charge in [0.2, 0.25) is 70.9 Å². The van der Waals surface area contributed by atoms with Gasteiger partial charge in [-0.1, -0.05) is 111 Å². The van der Waals surface area contributed by atoms with Crippen molar-refractivity contribution in [3.8, 4) is 0 Å². The van der Waals surface area contributed by atoms with Crippen LogP contribution in [0.2, 0.25) is 0 Å². The lowest BCUT2D eigenvalue weighted by Gasteiger charge is -2.31. The highest BCUT2D eigenvalue weighted by Gasteiger charge is 2.41. The van der Waals surface area contributed by atoms with E-state index in [-0.39, 0.29) is 44.6 Å². The van der Waals surface area contributed by atoms with Crippen LogP contribution in [0.5, 0.6) is 0 Å². The van der Waals surface area contributed by atoms with Crippen molar-refractivity contribution in [2.75, 3.05) is 19.8 Å². The summed E-state index contributed by atoms with van der Waals surface area (Å²) >= 11 is 0. The number of primary amides is 1. The van der Waals surface area contributed by atoms with E-state index >= 15 is 0 Å². The molecule has 0 bridgehead atoms. The predicted molar refractivity (Wildman–Crippen MR) is 329 cm³/mol. The highest BCUT2D eigenvalue weighted by molar-refractivity contribution is 6.00. The van der Waals surface area contributed by atoms with Crippen molar-refractivity contribution in [1.29, 1.82) is 0 Å². The first-order valence-electron chi connectivity index (χ1n) is 30.5. The van der Waals surface area contributed by atoms with Gasteiger partial charge in [0.1, 0.15) is 72.6 Å². The van der Waals surface area contributed by atoms with Gasteiger partial charge in [0.15, 0.2) is 5.96 Å². The van der Waals surface area contributed by atoms with Crippen LogP contribution in [0.4, 0.5) is 0 Å². The average molecular weight is 1270 g/mol. The Hall–Kier alpha value is -8.48. The molecule has 0 saturated carbocycles. The van der Waals surface area contributed by atoms with E-state index in [2.05, 4.69) is 63.5 Å². The summed E-state index contributed by atoms with van der Waals surface area (Å²) in [7, 11) is 0. The fraction of sp³-hybridized carbons (Fsp3) is 0.661. The highest BCUT2D eigenvalue weighted by Crippen LogP contribution is 2.17. The Balaban J connectivity index is 2.42. The Labute approximate surface area is 525 Å². The van der Waals surface area contributed by atoms with Crippen molar-refractivity contribution in [3.63, 3.8) is 0 Å². The number of aliphatic imine (C=N–C) groups is 1. The molecule has 2 unspecified atom stereocenters. The van der Waals surface area contributed by atoms with E-state index in [9.17, 15) is 72.5 Å². The molecule has 1 aliphatic heterocycles. The van der Waals surface area contributed by atoms with Crippen LogP contribution in [-0.2, 0) is 73.5 Å². The molecule has 0 radical (unpaired) electrons. The quantitative estimate of drug-likeness (QED) is 0.0135. The number of carbonyl (C=O) groups is 13. The molecule has 1 aromatic carbocycles. The van der Waals surface area contributed by atoms with E-state index in [4.69, 9.17) is 21.9 Å². The van der Waals surface area contributed by atoms with Gasteiger partial charge in [0, 0.05) is 26.3 Å². The van der Waals surface area contributed by atoms with E-state index in [0.717, 1.165) is 0 Å². The minimum atomic E-state index is -1.84. The van der Waals surface area contributed by atoms with Crippen LogP contribution >= 0.6 is 0 Å². The third-order valence-electron chi connectivity index (χ3n) is 15.7. The molecule has 1 heterocycles. The van der Waals surface area contributed by atoms with Gasteiger partial charge < -0.3 is 90.6 Å². The Morgan fingerprint density at radius 2 is 1.07 bits per heavy atom. The van der Waals surface area contributed by atoms with Gasteiger partial charge in [-0.3, -0.25) is 62.5 Å². The number of hydrogen-bond acceptors (Lipinski definition) is 17. The normalized spacial score (nSPS) is 20.7. The molecular formula is C59H97N15O16. The number of amides is 12. The fourth-order valence-electron chi connectivity index (χ4n) is 9.24. The van der Waals surface area contributed by atoms with Gasteiger partial charge >= 0.3 is 5.97 Å². The third-order valence-corrected chi connectivity index (χ3v) is 15.7. The predicted octanol–water partition coefficient (Wildman–Crippen LogP) is -3.96. The fourth-order valence-corrected chi connectivity index (χ4v) is 9.24. The number of carbonyl (C=O) groups excluding carboxylic acids is 13. The number of rotatable bonds is 34. The lowest BCUT2D eigenvalue weighted by Crippen LogP contribution is -2.63. The zero-order chi connectivity index (χ0) is 68.1. The van der Waals surface area contributed by atoms with Crippen LogP contribution < -0.4 is 75.7 Å². The lowest BCUT2D eigenvalue weighted by atomic mass is 9.94. The molecular weight excluding hydrogens is 1170 g/mol. The van der Waals surface area contributed by atoms with Crippen molar-refractivity contribution in [1.82, 2.24) is 58.5 Å². The maximum Gasteiger partial charge on any atom is 0.329 e. The number of ether oxygens (including phenoxy) is 1. The van der Waals surface area contributed by atoms with Crippen LogP contribution in [0, 0.1) is 23.7 Å². The summed E-state index contributed by atoms with van der Waals surface area (Å²) < 4.78 is 5.70. The van der Waals surface area contributed by atoms with Crippen molar-refractivity contribution < 1.29 is 77.3 Å². The van der Waals surface area contributed by atoms with E-state index < -0.39 is 199 Å². The molecule has 0 aromatic heterocycles. The van der Waals surface area contributed by atoms with Crippen molar-refractivity contribution in [2.24, 2.45) is 45.9 Å². The smallest absolute Gasteiger partial charge is 0.329 e. The number of esters is 1. The zero-order valence-corrected chi connectivity index (χ0v) is 53.4. The first kappa shape index (κ1) is 77.6. The van der Waals surface area contributed by atoms with E-state index in [1.807, 2.05) is 0 Å². The SMILES string of the molecule is CC[C@H](C)[C@H](NC(=O)[C@H](Cc1ccccc1)NC(C)=O)C(=O)N[C@@H](CO)C(=O)N[C@@H](CCC(N)=O)C(=O)N[C@H](C(=O)N[C@H](C(=O)N[C@@H](CO)C(=O)NC1C(=O)N[C@@H](C)C(=O)N[C@@H](CCCN=C(N)N)C(=O)N[C@@H]([C@@H](C)CC)C(=O)OC1C)[C@@H](C)CC)[C@@H](C)CC. The second-order valence-corrected chi connectivity index (χ2v) is 22.9. The lowest BCUT2D eigenvalue weighted by molar-refractivity contribution is -0.157. The van der Waals surface area contributed by atoms with Gasteiger partial charge in [-0.25, -0.2) is 4.79 Å². The van der Waals surface area contributed by atoms with Gasteiger partial charge in [-0.05, 0) is 62.3 Å². The summed E-state index contributed by atoms with van der Waals surface area (Å²) in [5.41, 5.74) is 17.0. The molecule has 12 amide bonds. The monoisotopic (exact) mass is 1270 g/mol. The molecule has 1 fully saturated rings. The van der Waals surface area contributed by atoms with E-state index in [0.29, 0.717) is 18.4 Å². The van der Waals surface area contributed by atoms with Gasteiger partial charge in [0.05, 0.1) is 13.2 Å².